The monoisotopic (exact) mass is 325 g/mol. The van der Waals surface area contributed by atoms with Crippen LogP contribution in [0.25, 0.3) is 0 Å². The first-order chi connectivity index (χ1) is 11.8. The smallest absolute Gasteiger partial charge is 0.257 e. The Bertz CT molecular complexity index is 710. The molecule has 0 aromatic carbocycles. The predicted molar refractivity (Wildman–Crippen MR) is 87.1 cm³/mol. The molecule has 1 amide bonds. The van der Waals surface area contributed by atoms with Crippen molar-refractivity contribution in [2.75, 3.05) is 25.0 Å². The number of aromatic nitrogens is 3. The van der Waals surface area contributed by atoms with Crippen molar-refractivity contribution in [1.29, 1.82) is 0 Å². The van der Waals surface area contributed by atoms with Crippen LogP contribution in [0.1, 0.15) is 15.9 Å². The molecule has 0 spiro atoms. The Hall–Kier alpha value is -2.54. The number of amides is 1. The van der Waals surface area contributed by atoms with E-state index in [0.717, 1.165) is 18.7 Å². The molecular weight excluding hydrogens is 306 g/mol. The maximum Gasteiger partial charge on any atom is 0.257 e. The summed E-state index contributed by atoms with van der Waals surface area (Å²) < 4.78 is 0. The van der Waals surface area contributed by atoms with Gasteiger partial charge in [0.05, 0.1) is 5.56 Å². The summed E-state index contributed by atoms with van der Waals surface area (Å²) in [5.41, 5.74) is 1.54. The molecule has 0 unspecified atom stereocenters. The molecule has 3 heterocycles. The molecule has 7 nitrogen and oxygen atoms in total. The molecule has 2 aliphatic rings. The Kier molecular flexibility index (Phi) is 3.86. The largest absolute Gasteiger partial charge is 0.396 e. The number of anilines is 1. The zero-order valence-electron chi connectivity index (χ0n) is 13.2. The Labute approximate surface area is 139 Å². The number of nitrogens with zero attached hydrogens (tertiary/aromatic N) is 4. The molecule has 2 aromatic heterocycles. The van der Waals surface area contributed by atoms with Gasteiger partial charge < -0.3 is 15.3 Å². The molecular formula is C17H19N5O2. The van der Waals surface area contributed by atoms with E-state index in [1.165, 1.54) is 0 Å². The van der Waals surface area contributed by atoms with Crippen LogP contribution in [0.4, 0.5) is 5.95 Å². The second-order valence-electron chi connectivity index (χ2n) is 6.39. The first-order valence-corrected chi connectivity index (χ1v) is 8.11. The number of hydrogen-bond donors (Lipinski definition) is 2. The third kappa shape index (κ3) is 2.82. The van der Waals surface area contributed by atoms with Crippen LogP contribution in [0.15, 0.2) is 36.9 Å². The normalized spacial score (nSPS) is 24.5. The first kappa shape index (κ1) is 15.0. The van der Waals surface area contributed by atoms with Crippen LogP contribution in [0.3, 0.4) is 0 Å². The maximum absolute atomic E-state index is 12.5. The number of aliphatic hydroxyl groups excluding tert-OH is 1. The van der Waals surface area contributed by atoms with Gasteiger partial charge in [0.2, 0.25) is 5.95 Å². The van der Waals surface area contributed by atoms with Crippen LogP contribution in [-0.4, -0.2) is 50.6 Å². The van der Waals surface area contributed by atoms with Gasteiger partial charge in [0.25, 0.3) is 5.91 Å². The Morgan fingerprint density at radius 2 is 2.00 bits per heavy atom. The van der Waals surface area contributed by atoms with Gasteiger partial charge in [-0.25, -0.2) is 9.97 Å². The number of fused-ring (bicyclic) bond motifs is 1. The molecule has 1 aliphatic carbocycles. The SMILES string of the molecule is O=C(c1cnc(NCc2cccnc2)nc1)N1C[C@@H]2[C@@H](CO)[C@@H]2C1. The fourth-order valence-corrected chi connectivity index (χ4v) is 3.48. The lowest BCUT2D eigenvalue weighted by molar-refractivity contribution is 0.0759. The average molecular weight is 325 g/mol. The minimum Gasteiger partial charge on any atom is -0.396 e. The van der Waals surface area contributed by atoms with Crippen molar-refractivity contribution in [3.63, 3.8) is 0 Å². The maximum atomic E-state index is 12.5. The van der Waals surface area contributed by atoms with Gasteiger partial charge in [-0.3, -0.25) is 9.78 Å². The zero-order chi connectivity index (χ0) is 16.5. The zero-order valence-corrected chi connectivity index (χ0v) is 13.2. The molecule has 3 atom stereocenters. The summed E-state index contributed by atoms with van der Waals surface area (Å²) in [6, 6.07) is 3.85. The summed E-state index contributed by atoms with van der Waals surface area (Å²) in [5, 5.41) is 12.3. The lowest BCUT2D eigenvalue weighted by Crippen LogP contribution is -2.32. The molecule has 0 bridgehead atoms. The number of hydrogen-bond acceptors (Lipinski definition) is 6. The standard InChI is InChI=1S/C17H19N5O2/c23-10-15-13-8-22(9-14(13)15)16(24)12-6-20-17(21-7-12)19-5-11-2-1-3-18-4-11/h1-4,6-7,13-15,23H,5,8-10H2,(H,19,20,21)/t13-,14+,15+. The van der Waals surface area contributed by atoms with Gasteiger partial charge in [-0.2, -0.15) is 0 Å². The van der Waals surface area contributed by atoms with Crippen molar-refractivity contribution in [2.45, 2.75) is 6.54 Å². The van der Waals surface area contributed by atoms with E-state index >= 15 is 0 Å². The van der Waals surface area contributed by atoms with E-state index in [4.69, 9.17) is 0 Å². The lowest BCUT2D eigenvalue weighted by atomic mass is 10.2. The molecule has 1 saturated carbocycles. The van der Waals surface area contributed by atoms with Crippen molar-refractivity contribution in [1.82, 2.24) is 19.9 Å². The van der Waals surface area contributed by atoms with Crippen molar-refractivity contribution in [3.05, 3.63) is 48.0 Å². The molecule has 124 valence electrons. The average Bonchev–Trinajstić information content (AvgIpc) is 3.11. The van der Waals surface area contributed by atoms with Crippen molar-refractivity contribution in [3.8, 4) is 0 Å². The van der Waals surface area contributed by atoms with E-state index < -0.39 is 0 Å². The summed E-state index contributed by atoms with van der Waals surface area (Å²) in [6.45, 7) is 2.28. The quantitative estimate of drug-likeness (QED) is 0.845. The third-order valence-corrected chi connectivity index (χ3v) is 4.94. The minimum atomic E-state index is -0.0299. The lowest BCUT2D eigenvalue weighted by Gasteiger charge is -2.19. The number of aliphatic hydroxyl groups is 1. The number of likely N-dealkylation sites (tertiary alicyclic amines) is 1. The number of nitrogens with one attached hydrogen (secondary N) is 1. The summed E-state index contributed by atoms with van der Waals surface area (Å²) in [4.78, 5) is 26.8. The molecule has 7 heteroatoms. The van der Waals surface area contributed by atoms with E-state index in [9.17, 15) is 9.90 Å². The molecule has 4 rings (SSSR count). The van der Waals surface area contributed by atoms with Gasteiger partial charge in [0.1, 0.15) is 0 Å². The van der Waals surface area contributed by atoms with Gasteiger partial charge in [0.15, 0.2) is 0 Å². The summed E-state index contributed by atoms with van der Waals surface area (Å²) >= 11 is 0. The van der Waals surface area contributed by atoms with Crippen LogP contribution in [0, 0.1) is 17.8 Å². The molecule has 2 N–H and O–H groups in total. The highest BCUT2D eigenvalue weighted by Gasteiger charge is 2.56. The number of carbonyl (C=O) groups excluding carboxylic acids is 1. The Balaban J connectivity index is 1.33. The molecule has 2 aromatic rings. The number of pyridine rings is 1. The van der Waals surface area contributed by atoms with Crippen molar-refractivity contribution in [2.24, 2.45) is 17.8 Å². The highest BCUT2D eigenvalue weighted by molar-refractivity contribution is 5.94. The van der Waals surface area contributed by atoms with Gasteiger partial charge in [-0.1, -0.05) is 6.07 Å². The van der Waals surface area contributed by atoms with Gasteiger partial charge in [-0.15, -0.1) is 0 Å². The topological polar surface area (TPSA) is 91.2 Å². The Morgan fingerprint density at radius 3 is 2.62 bits per heavy atom. The fourth-order valence-electron chi connectivity index (χ4n) is 3.48. The minimum absolute atomic E-state index is 0.0299. The molecule has 0 radical (unpaired) electrons. The van der Waals surface area contributed by atoms with E-state index in [1.54, 1.807) is 24.8 Å². The van der Waals surface area contributed by atoms with Crippen molar-refractivity contribution < 1.29 is 9.90 Å². The van der Waals surface area contributed by atoms with Gasteiger partial charge in [-0.05, 0) is 29.4 Å². The molecule has 1 saturated heterocycles. The van der Waals surface area contributed by atoms with Gasteiger partial charge >= 0.3 is 0 Å². The summed E-state index contributed by atoms with van der Waals surface area (Å²) in [6.07, 6.45) is 6.64. The van der Waals surface area contributed by atoms with Gasteiger partial charge in [0, 0.05) is 51.0 Å². The van der Waals surface area contributed by atoms with Crippen LogP contribution in [0.2, 0.25) is 0 Å². The van der Waals surface area contributed by atoms with Crippen LogP contribution >= 0.6 is 0 Å². The Morgan fingerprint density at radius 1 is 1.25 bits per heavy atom. The second kappa shape index (κ2) is 6.16. The molecule has 1 aliphatic heterocycles. The molecule has 24 heavy (non-hydrogen) atoms. The van der Waals surface area contributed by atoms with E-state index in [2.05, 4.69) is 20.3 Å². The van der Waals surface area contributed by atoms with Crippen LogP contribution < -0.4 is 5.32 Å². The summed E-state index contributed by atoms with van der Waals surface area (Å²) in [7, 11) is 0. The van der Waals surface area contributed by atoms with Crippen LogP contribution in [0.5, 0.6) is 0 Å². The van der Waals surface area contributed by atoms with E-state index in [1.807, 2.05) is 17.0 Å². The van der Waals surface area contributed by atoms with E-state index in [-0.39, 0.29) is 12.5 Å². The first-order valence-electron chi connectivity index (χ1n) is 8.11. The molecule has 2 fully saturated rings. The highest BCUT2D eigenvalue weighted by Crippen LogP contribution is 2.51. The number of piperidine rings is 1. The van der Waals surface area contributed by atoms with Crippen LogP contribution in [-0.2, 0) is 6.54 Å². The fraction of sp³-hybridized carbons (Fsp3) is 0.412. The highest BCUT2D eigenvalue weighted by atomic mass is 16.3. The van der Waals surface area contributed by atoms with E-state index in [0.29, 0.717) is 35.8 Å². The van der Waals surface area contributed by atoms with Crippen molar-refractivity contribution >= 4 is 11.9 Å². The second-order valence-corrected chi connectivity index (χ2v) is 6.39. The number of rotatable bonds is 5. The summed E-state index contributed by atoms with van der Waals surface area (Å²) in [5.74, 6) is 1.79. The number of carbonyl (C=O) groups is 1. The third-order valence-electron chi connectivity index (χ3n) is 4.94. The predicted octanol–water partition coefficient (Wildman–Crippen LogP) is 0.794.